The minimum atomic E-state index is 0.348. The van der Waals surface area contributed by atoms with Crippen molar-refractivity contribution < 1.29 is 9.84 Å². The normalized spacial score (nSPS) is 30.8. The molecule has 16 heavy (non-hydrogen) atoms. The predicted molar refractivity (Wildman–Crippen MR) is 67.9 cm³/mol. The van der Waals surface area contributed by atoms with E-state index < -0.39 is 0 Å². The van der Waals surface area contributed by atoms with Gasteiger partial charge in [-0.25, -0.2) is 0 Å². The molecular formula is C12H22BrNO2. The van der Waals surface area contributed by atoms with Crippen LogP contribution in [0.15, 0.2) is 0 Å². The number of aliphatic hydroxyl groups is 1. The maximum Gasteiger partial charge on any atom is 0.0472 e. The molecule has 0 amide bonds. The van der Waals surface area contributed by atoms with Crippen molar-refractivity contribution in [3.63, 3.8) is 0 Å². The molecule has 2 heterocycles. The van der Waals surface area contributed by atoms with Crippen LogP contribution in [0.2, 0.25) is 0 Å². The number of rotatable bonds is 4. The van der Waals surface area contributed by atoms with Crippen molar-refractivity contribution in [2.24, 2.45) is 11.3 Å². The Morgan fingerprint density at radius 1 is 1.38 bits per heavy atom. The highest BCUT2D eigenvalue weighted by molar-refractivity contribution is 9.09. The highest BCUT2D eigenvalue weighted by Gasteiger charge is 2.35. The van der Waals surface area contributed by atoms with Crippen LogP contribution in [0.4, 0.5) is 0 Å². The number of hydrogen-bond acceptors (Lipinski definition) is 3. The second-order valence-electron chi connectivity index (χ2n) is 5.32. The van der Waals surface area contributed by atoms with Crippen molar-refractivity contribution in [1.29, 1.82) is 0 Å². The molecule has 0 aromatic carbocycles. The first kappa shape index (κ1) is 12.8. The predicted octanol–water partition coefficient (Wildman–Crippen LogP) is 1.49. The maximum atomic E-state index is 9.16. The Hall–Kier alpha value is 0.360. The van der Waals surface area contributed by atoms with E-state index in [-0.39, 0.29) is 0 Å². The number of nitrogens with zero attached hydrogens (tertiary/aromatic N) is 1. The SMILES string of the molecule is OCC1CCN(CC2(CBr)CCOCC2)C1. The maximum absolute atomic E-state index is 9.16. The van der Waals surface area contributed by atoms with Gasteiger partial charge >= 0.3 is 0 Å². The van der Waals surface area contributed by atoms with Gasteiger partial charge in [0.2, 0.25) is 0 Å². The van der Waals surface area contributed by atoms with Gasteiger partial charge in [-0.15, -0.1) is 0 Å². The van der Waals surface area contributed by atoms with Gasteiger partial charge in [-0.2, -0.15) is 0 Å². The summed E-state index contributed by atoms with van der Waals surface area (Å²) in [7, 11) is 0. The summed E-state index contributed by atoms with van der Waals surface area (Å²) in [4.78, 5) is 2.52. The summed E-state index contributed by atoms with van der Waals surface area (Å²) < 4.78 is 5.45. The van der Waals surface area contributed by atoms with Gasteiger partial charge < -0.3 is 14.7 Å². The Kier molecular flexibility index (Phi) is 4.65. The monoisotopic (exact) mass is 291 g/mol. The fourth-order valence-corrected chi connectivity index (χ4v) is 3.56. The van der Waals surface area contributed by atoms with Crippen LogP contribution >= 0.6 is 15.9 Å². The van der Waals surface area contributed by atoms with Gasteiger partial charge in [0, 0.05) is 38.2 Å². The van der Waals surface area contributed by atoms with Gasteiger partial charge in [0.05, 0.1) is 0 Å². The van der Waals surface area contributed by atoms with Crippen LogP contribution in [0.3, 0.4) is 0 Å². The van der Waals surface area contributed by atoms with Crippen LogP contribution in [0.5, 0.6) is 0 Å². The summed E-state index contributed by atoms with van der Waals surface area (Å²) in [6.45, 7) is 5.55. The fraction of sp³-hybridized carbons (Fsp3) is 1.00. The zero-order chi connectivity index (χ0) is 11.4. The van der Waals surface area contributed by atoms with Crippen LogP contribution in [0.25, 0.3) is 0 Å². The van der Waals surface area contributed by atoms with E-state index in [1.165, 1.54) is 12.8 Å². The second kappa shape index (κ2) is 5.80. The van der Waals surface area contributed by atoms with Crippen LogP contribution < -0.4 is 0 Å². The number of alkyl halides is 1. The zero-order valence-corrected chi connectivity index (χ0v) is 11.4. The molecule has 2 rings (SSSR count). The van der Waals surface area contributed by atoms with E-state index in [4.69, 9.17) is 9.84 Å². The molecule has 3 nitrogen and oxygen atoms in total. The summed E-state index contributed by atoms with van der Waals surface area (Å²) in [5.74, 6) is 0.507. The lowest BCUT2D eigenvalue weighted by atomic mass is 9.82. The average Bonchev–Trinajstić information content (AvgIpc) is 2.78. The third-order valence-electron chi connectivity index (χ3n) is 4.02. The first-order valence-corrected chi connectivity index (χ1v) is 7.37. The van der Waals surface area contributed by atoms with Gasteiger partial charge in [-0.3, -0.25) is 0 Å². The number of aliphatic hydroxyl groups excluding tert-OH is 1. The lowest BCUT2D eigenvalue weighted by Gasteiger charge is -2.38. The molecule has 0 aliphatic carbocycles. The van der Waals surface area contributed by atoms with E-state index in [1.807, 2.05) is 0 Å². The van der Waals surface area contributed by atoms with E-state index in [0.717, 1.165) is 44.6 Å². The standard InChI is InChI=1S/C12H22BrNO2/c13-9-12(2-5-16-6-3-12)10-14-4-1-11(7-14)8-15/h11,15H,1-10H2. The third-order valence-corrected chi connectivity index (χ3v) is 5.21. The van der Waals surface area contributed by atoms with Crippen LogP contribution in [0, 0.1) is 11.3 Å². The van der Waals surface area contributed by atoms with Crippen molar-refractivity contribution in [3.8, 4) is 0 Å². The molecule has 0 aromatic heterocycles. The Balaban J connectivity index is 1.86. The second-order valence-corrected chi connectivity index (χ2v) is 5.88. The van der Waals surface area contributed by atoms with Gasteiger partial charge in [0.1, 0.15) is 0 Å². The third kappa shape index (κ3) is 2.97. The minimum Gasteiger partial charge on any atom is -0.396 e. The molecule has 1 unspecified atom stereocenters. The molecular weight excluding hydrogens is 270 g/mol. The number of likely N-dealkylation sites (tertiary alicyclic amines) is 1. The topological polar surface area (TPSA) is 32.7 Å². The van der Waals surface area contributed by atoms with Crippen LogP contribution in [-0.4, -0.2) is 54.8 Å². The zero-order valence-electron chi connectivity index (χ0n) is 9.83. The van der Waals surface area contributed by atoms with Gasteiger partial charge in [-0.1, -0.05) is 15.9 Å². The van der Waals surface area contributed by atoms with E-state index in [2.05, 4.69) is 20.8 Å². The first-order valence-electron chi connectivity index (χ1n) is 6.25. The van der Waals surface area contributed by atoms with E-state index in [1.54, 1.807) is 0 Å². The smallest absolute Gasteiger partial charge is 0.0472 e. The minimum absolute atomic E-state index is 0.348. The van der Waals surface area contributed by atoms with Crippen molar-refractivity contribution in [1.82, 2.24) is 4.90 Å². The van der Waals surface area contributed by atoms with Crippen molar-refractivity contribution in [2.75, 3.05) is 44.8 Å². The van der Waals surface area contributed by atoms with E-state index in [9.17, 15) is 0 Å². The largest absolute Gasteiger partial charge is 0.396 e. The summed E-state index contributed by atoms with van der Waals surface area (Å²) >= 11 is 3.68. The highest BCUT2D eigenvalue weighted by atomic mass is 79.9. The van der Waals surface area contributed by atoms with Crippen LogP contribution in [-0.2, 0) is 4.74 Å². The summed E-state index contributed by atoms with van der Waals surface area (Å²) in [5, 5.41) is 10.2. The van der Waals surface area contributed by atoms with Gasteiger partial charge in [0.25, 0.3) is 0 Å². The fourth-order valence-electron chi connectivity index (χ4n) is 2.82. The van der Waals surface area contributed by atoms with Crippen molar-refractivity contribution in [3.05, 3.63) is 0 Å². The Morgan fingerprint density at radius 2 is 2.12 bits per heavy atom. The molecule has 2 fully saturated rings. The lowest BCUT2D eigenvalue weighted by molar-refractivity contribution is 0.0108. The van der Waals surface area contributed by atoms with Crippen LogP contribution in [0.1, 0.15) is 19.3 Å². The van der Waals surface area contributed by atoms with Crippen molar-refractivity contribution >= 4 is 15.9 Å². The van der Waals surface area contributed by atoms with E-state index >= 15 is 0 Å². The number of hydrogen-bond donors (Lipinski definition) is 1. The molecule has 1 atom stereocenters. The lowest BCUT2D eigenvalue weighted by Crippen LogP contribution is -2.42. The highest BCUT2D eigenvalue weighted by Crippen LogP contribution is 2.34. The Labute approximate surface area is 106 Å². The first-order chi connectivity index (χ1) is 7.78. The molecule has 94 valence electrons. The van der Waals surface area contributed by atoms with Crippen molar-refractivity contribution in [2.45, 2.75) is 19.3 Å². The molecule has 1 N–H and O–H groups in total. The molecule has 4 heteroatoms. The summed E-state index contributed by atoms with van der Waals surface area (Å²) in [5.41, 5.74) is 0.405. The number of ether oxygens (including phenoxy) is 1. The summed E-state index contributed by atoms with van der Waals surface area (Å²) in [6, 6.07) is 0. The average molecular weight is 292 g/mol. The Bertz CT molecular complexity index is 219. The molecule has 2 saturated heterocycles. The summed E-state index contributed by atoms with van der Waals surface area (Å²) in [6.07, 6.45) is 3.49. The van der Waals surface area contributed by atoms with E-state index in [0.29, 0.717) is 17.9 Å². The molecule has 0 radical (unpaired) electrons. The molecule has 0 spiro atoms. The molecule has 0 saturated carbocycles. The van der Waals surface area contributed by atoms with Gasteiger partial charge in [0.15, 0.2) is 0 Å². The molecule has 0 aromatic rings. The molecule has 0 bridgehead atoms. The Morgan fingerprint density at radius 3 is 2.69 bits per heavy atom. The quantitative estimate of drug-likeness (QED) is 0.797. The van der Waals surface area contributed by atoms with Gasteiger partial charge in [-0.05, 0) is 37.1 Å². The molecule has 2 aliphatic heterocycles. The number of halogens is 1. The molecule has 2 aliphatic rings.